The van der Waals surface area contributed by atoms with E-state index >= 15 is 0 Å². The number of hydrogen-bond donors (Lipinski definition) is 1. The Hall–Kier alpha value is -2.21. The second-order valence-electron chi connectivity index (χ2n) is 4.01. The summed E-state index contributed by atoms with van der Waals surface area (Å²) in [6.07, 6.45) is 0. The molecule has 19 heavy (non-hydrogen) atoms. The van der Waals surface area contributed by atoms with Gasteiger partial charge in [-0.1, -0.05) is 12.1 Å². The van der Waals surface area contributed by atoms with E-state index in [4.69, 9.17) is 4.42 Å². The molecule has 5 nitrogen and oxygen atoms in total. The van der Waals surface area contributed by atoms with Crippen molar-refractivity contribution in [2.75, 3.05) is 5.32 Å². The molecule has 0 fully saturated rings. The first kappa shape index (κ1) is 11.9. The van der Waals surface area contributed by atoms with Crippen LogP contribution >= 0.6 is 11.3 Å². The zero-order valence-electron chi connectivity index (χ0n) is 10.3. The van der Waals surface area contributed by atoms with Gasteiger partial charge in [0.15, 0.2) is 0 Å². The van der Waals surface area contributed by atoms with Crippen LogP contribution in [-0.2, 0) is 6.54 Å². The maximum atomic E-state index is 5.47. The van der Waals surface area contributed by atoms with Crippen LogP contribution in [0.1, 0.15) is 11.6 Å². The van der Waals surface area contributed by atoms with Crippen molar-refractivity contribution < 1.29 is 4.42 Å². The third kappa shape index (κ3) is 2.63. The van der Waals surface area contributed by atoms with Gasteiger partial charge in [-0.3, -0.25) is 0 Å². The SMILES string of the molecule is Cc1nnc(-c2ccccc2NCc2cscn2)o1. The van der Waals surface area contributed by atoms with Gasteiger partial charge in [0.1, 0.15) is 0 Å². The summed E-state index contributed by atoms with van der Waals surface area (Å²) in [5, 5.41) is 13.3. The summed E-state index contributed by atoms with van der Waals surface area (Å²) in [7, 11) is 0. The maximum absolute atomic E-state index is 5.47. The smallest absolute Gasteiger partial charge is 0.249 e. The molecule has 0 atom stereocenters. The van der Waals surface area contributed by atoms with Crippen molar-refractivity contribution in [3.05, 3.63) is 46.7 Å². The first-order valence-electron chi connectivity index (χ1n) is 5.83. The maximum Gasteiger partial charge on any atom is 0.249 e. The van der Waals surface area contributed by atoms with Crippen LogP contribution in [0.15, 0.2) is 39.6 Å². The fraction of sp³-hybridized carbons (Fsp3) is 0.154. The van der Waals surface area contributed by atoms with Gasteiger partial charge in [-0.05, 0) is 12.1 Å². The topological polar surface area (TPSA) is 63.8 Å². The molecule has 0 aliphatic carbocycles. The molecule has 1 aromatic carbocycles. The molecule has 0 spiro atoms. The molecule has 96 valence electrons. The van der Waals surface area contributed by atoms with E-state index in [9.17, 15) is 0 Å². The van der Waals surface area contributed by atoms with E-state index in [0.717, 1.165) is 16.9 Å². The third-order valence-electron chi connectivity index (χ3n) is 2.63. The van der Waals surface area contributed by atoms with Gasteiger partial charge in [-0.2, -0.15) is 0 Å². The number of rotatable bonds is 4. The fourth-order valence-electron chi connectivity index (χ4n) is 1.74. The van der Waals surface area contributed by atoms with Gasteiger partial charge in [-0.15, -0.1) is 21.5 Å². The van der Waals surface area contributed by atoms with Gasteiger partial charge in [0.25, 0.3) is 0 Å². The zero-order chi connectivity index (χ0) is 13.1. The first-order chi connectivity index (χ1) is 9.33. The average molecular weight is 272 g/mol. The number of benzene rings is 1. The van der Waals surface area contributed by atoms with Crippen molar-refractivity contribution in [2.45, 2.75) is 13.5 Å². The summed E-state index contributed by atoms with van der Waals surface area (Å²) in [5.74, 6) is 1.09. The van der Waals surface area contributed by atoms with Crippen LogP contribution in [0.4, 0.5) is 5.69 Å². The standard InChI is InChI=1S/C13H12N4OS/c1-9-16-17-13(18-9)11-4-2-3-5-12(11)14-6-10-7-19-8-15-10/h2-5,7-8,14H,6H2,1H3. The Morgan fingerprint density at radius 1 is 1.26 bits per heavy atom. The van der Waals surface area contributed by atoms with Crippen LogP contribution < -0.4 is 5.32 Å². The number of anilines is 1. The molecular formula is C13H12N4OS. The zero-order valence-corrected chi connectivity index (χ0v) is 11.1. The Labute approximate surface area is 114 Å². The minimum absolute atomic E-state index is 0.527. The first-order valence-corrected chi connectivity index (χ1v) is 6.77. The summed E-state index contributed by atoms with van der Waals surface area (Å²) in [4.78, 5) is 4.24. The van der Waals surface area contributed by atoms with Crippen molar-refractivity contribution in [3.8, 4) is 11.5 Å². The summed E-state index contributed by atoms with van der Waals surface area (Å²) in [5.41, 5.74) is 4.70. The Bertz CT molecular complexity index is 663. The summed E-state index contributed by atoms with van der Waals surface area (Å²) >= 11 is 1.59. The molecular weight excluding hydrogens is 260 g/mol. The summed E-state index contributed by atoms with van der Waals surface area (Å²) in [6.45, 7) is 2.45. The van der Waals surface area contributed by atoms with Crippen LogP contribution in [-0.4, -0.2) is 15.2 Å². The van der Waals surface area contributed by atoms with E-state index in [2.05, 4.69) is 20.5 Å². The van der Waals surface area contributed by atoms with Gasteiger partial charge in [0.2, 0.25) is 11.8 Å². The lowest BCUT2D eigenvalue weighted by atomic mass is 10.1. The average Bonchev–Trinajstić information content (AvgIpc) is 3.08. The lowest BCUT2D eigenvalue weighted by molar-refractivity contribution is 0.533. The number of nitrogens with one attached hydrogen (secondary N) is 1. The number of thiazole rings is 1. The third-order valence-corrected chi connectivity index (χ3v) is 3.26. The molecule has 0 saturated carbocycles. The minimum Gasteiger partial charge on any atom is -0.421 e. The number of hydrogen-bond acceptors (Lipinski definition) is 6. The van der Waals surface area contributed by atoms with Crippen LogP contribution in [0, 0.1) is 6.92 Å². The van der Waals surface area contributed by atoms with Gasteiger partial charge < -0.3 is 9.73 Å². The van der Waals surface area contributed by atoms with Crippen molar-refractivity contribution >= 4 is 17.0 Å². The summed E-state index contributed by atoms with van der Waals surface area (Å²) in [6, 6.07) is 7.86. The van der Waals surface area contributed by atoms with E-state index in [-0.39, 0.29) is 0 Å². The second-order valence-corrected chi connectivity index (χ2v) is 4.72. The Morgan fingerprint density at radius 2 is 2.16 bits per heavy atom. The van der Waals surface area contributed by atoms with Crippen molar-refractivity contribution in [2.24, 2.45) is 0 Å². The number of para-hydroxylation sites is 1. The molecule has 3 rings (SSSR count). The van der Waals surface area contributed by atoms with Crippen LogP contribution in [0.25, 0.3) is 11.5 Å². The lowest BCUT2D eigenvalue weighted by Gasteiger charge is -2.08. The molecule has 0 aliphatic rings. The molecule has 0 saturated heterocycles. The highest BCUT2D eigenvalue weighted by molar-refractivity contribution is 7.07. The highest BCUT2D eigenvalue weighted by Gasteiger charge is 2.10. The van der Waals surface area contributed by atoms with Gasteiger partial charge in [0, 0.05) is 18.0 Å². The Kier molecular flexibility index (Phi) is 3.24. The summed E-state index contributed by atoms with van der Waals surface area (Å²) < 4.78 is 5.47. The normalized spacial score (nSPS) is 10.6. The van der Waals surface area contributed by atoms with Crippen LogP contribution in [0.2, 0.25) is 0 Å². The largest absolute Gasteiger partial charge is 0.421 e. The Balaban J connectivity index is 1.85. The molecule has 2 heterocycles. The van der Waals surface area contributed by atoms with E-state index < -0.39 is 0 Å². The number of nitrogens with zero attached hydrogens (tertiary/aromatic N) is 3. The predicted octanol–water partition coefficient (Wildman–Crippen LogP) is 3.11. The quantitative estimate of drug-likeness (QED) is 0.790. The number of aryl methyl sites for hydroxylation is 1. The van der Waals surface area contributed by atoms with E-state index in [1.165, 1.54) is 0 Å². The molecule has 0 bridgehead atoms. The second kappa shape index (κ2) is 5.19. The van der Waals surface area contributed by atoms with Crippen molar-refractivity contribution in [3.63, 3.8) is 0 Å². The number of aromatic nitrogens is 3. The van der Waals surface area contributed by atoms with Gasteiger partial charge in [0.05, 0.1) is 23.3 Å². The highest BCUT2D eigenvalue weighted by Crippen LogP contribution is 2.26. The van der Waals surface area contributed by atoms with Crippen molar-refractivity contribution in [1.29, 1.82) is 0 Å². The predicted molar refractivity (Wildman–Crippen MR) is 73.9 cm³/mol. The van der Waals surface area contributed by atoms with Crippen LogP contribution in [0.3, 0.4) is 0 Å². The Morgan fingerprint density at radius 3 is 2.89 bits per heavy atom. The molecule has 0 radical (unpaired) electrons. The fourth-order valence-corrected chi connectivity index (χ4v) is 2.30. The molecule has 6 heteroatoms. The van der Waals surface area contributed by atoms with Crippen LogP contribution in [0.5, 0.6) is 0 Å². The molecule has 3 aromatic rings. The monoisotopic (exact) mass is 272 g/mol. The van der Waals surface area contributed by atoms with Gasteiger partial charge >= 0.3 is 0 Å². The van der Waals surface area contributed by atoms with Crippen molar-refractivity contribution in [1.82, 2.24) is 15.2 Å². The molecule has 0 amide bonds. The highest BCUT2D eigenvalue weighted by atomic mass is 32.1. The lowest BCUT2D eigenvalue weighted by Crippen LogP contribution is -2.01. The van der Waals surface area contributed by atoms with E-state index in [0.29, 0.717) is 18.3 Å². The van der Waals surface area contributed by atoms with E-state index in [1.54, 1.807) is 18.3 Å². The molecule has 1 N–H and O–H groups in total. The molecule has 2 aromatic heterocycles. The van der Waals surface area contributed by atoms with Gasteiger partial charge in [-0.25, -0.2) is 4.98 Å². The minimum atomic E-state index is 0.527. The molecule has 0 unspecified atom stereocenters. The van der Waals surface area contributed by atoms with E-state index in [1.807, 2.05) is 35.2 Å². The molecule has 0 aliphatic heterocycles.